The minimum absolute atomic E-state index is 0.114. The lowest BCUT2D eigenvalue weighted by atomic mass is 10.2. The molecule has 2 aromatic rings. The average molecular weight is 243 g/mol. The SMILES string of the molecule is Cc1cc(C)nc(NCc2ccc(N)c(O)c2)c1. The lowest BCUT2D eigenvalue weighted by Crippen LogP contribution is -2.02. The average Bonchev–Trinajstić information content (AvgIpc) is 2.29. The van der Waals surface area contributed by atoms with E-state index in [1.54, 1.807) is 12.1 Å². The Morgan fingerprint density at radius 2 is 2.00 bits per heavy atom. The van der Waals surface area contributed by atoms with Gasteiger partial charge in [-0.1, -0.05) is 6.07 Å². The number of nitrogens with zero attached hydrogens (tertiary/aromatic N) is 1. The van der Waals surface area contributed by atoms with Crippen molar-refractivity contribution in [3.63, 3.8) is 0 Å². The van der Waals surface area contributed by atoms with Crippen molar-refractivity contribution in [2.24, 2.45) is 0 Å². The van der Waals surface area contributed by atoms with Crippen LogP contribution in [0.25, 0.3) is 0 Å². The van der Waals surface area contributed by atoms with E-state index in [1.807, 2.05) is 32.0 Å². The number of aromatic nitrogens is 1. The molecular formula is C14H17N3O. The quantitative estimate of drug-likeness (QED) is 0.572. The summed E-state index contributed by atoms with van der Waals surface area (Å²) >= 11 is 0. The van der Waals surface area contributed by atoms with Gasteiger partial charge >= 0.3 is 0 Å². The highest BCUT2D eigenvalue weighted by atomic mass is 16.3. The van der Waals surface area contributed by atoms with Crippen molar-refractivity contribution >= 4 is 11.5 Å². The summed E-state index contributed by atoms with van der Waals surface area (Å²) in [7, 11) is 0. The van der Waals surface area contributed by atoms with Gasteiger partial charge in [-0.15, -0.1) is 0 Å². The first-order valence-electron chi connectivity index (χ1n) is 5.81. The summed E-state index contributed by atoms with van der Waals surface area (Å²) in [6.07, 6.45) is 0. The van der Waals surface area contributed by atoms with Crippen LogP contribution in [0.5, 0.6) is 5.75 Å². The third kappa shape index (κ3) is 2.91. The molecule has 18 heavy (non-hydrogen) atoms. The fourth-order valence-electron chi connectivity index (χ4n) is 1.82. The first-order valence-corrected chi connectivity index (χ1v) is 5.81. The predicted molar refractivity (Wildman–Crippen MR) is 73.6 cm³/mol. The van der Waals surface area contributed by atoms with Crippen LogP contribution in [0.1, 0.15) is 16.8 Å². The second-order valence-electron chi connectivity index (χ2n) is 4.42. The molecule has 1 aromatic heterocycles. The number of rotatable bonds is 3. The number of nitrogens with one attached hydrogen (secondary N) is 1. The molecule has 0 aliphatic heterocycles. The molecule has 0 amide bonds. The molecule has 1 heterocycles. The van der Waals surface area contributed by atoms with Crippen molar-refractivity contribution in [3.8, 4) is 5.75 Å². The number of phenols is 1. The third-order valence-electron chi connectivity index (χ3n) is 2.67. The predicted octanol–water partition coefficient (Wildman–Crippen LogP) is 2.60. The largest absolute Gasteiger partial charge is 0.506 e. The van der Waals surface area contributed by atoms with Crippen LogP contribution < -0.4 is 11.1 Å². The summed E-state index contributed by atoms with van der Waals surface area (Å²) in [5.41, 5.74) is 9.06. The van der Waals surface area contributed by atoms with Gasteiger partial charge in [0.2, 0.25) is 0 Å². The van der Waals surface area contributed by atoms with E-state index in [4.69, 9.17) is 5.73 Å². The van der Waals surface area contributed by atoms with E-state index < -0.39 is 0 Å². The Labute approximate surface area is 106 Å². The number of hydrogen-bond acceptors (Lipinski definition) is 4. The van der Waals surface area contributed by atoms with Crippen LogP contribution in [0, 0.1) is 13.8 Å². The molecule has 4 nitrogen and oxygen atoms in total. The molecule has 4 N–H and O–H groups in total. The van der Waals surface area contributed by atoms with Gasteiger partial charge in [0.1, 0.15) is 11.6 Å². The molecule has 0 saturated heterocycles. The molecule has 4 heteroatoms. The van der Waals surface area contributed by atoms with Gasteiger partial charge in [0.05, 0.1) is 5.69 Å². The van der Waals surface area contributed by atoms with Crippen molar-refractivity contribution < 1.29 is 5.11 Å². The molecule has 1 aromatic carbocycles. The van der Waals surface area contributed by atoms with Crippen LogP contribution in [-0.4, -0.2) is 10.1 Å². The molecule has 0 aliphatic carbocycles. The van der Waals surface area contributed by atoms with Crippen molar-refractivity contribution in [1.29, 1.82) is 0 Å². The van der Waals surface area contributed by atoms with Gasteiger partial charge < -0.3 is 16.2 Å². The number of pyridine rings is 1. The minimum atomic E-state index is 0.114. The van der Waals surface area contributed by atoms with Crippen LogP contribution in [-0.2, 0) is 6.54 Å². The highest BCUT2D eigenvalue weighted by Crippen LogP contribution is 2.21. The van der Waals surface area contributed by atoms with E-state index >= 15 is 0 Å². The number of nitrogen functional groups attached to an aromatic ring is 1. The van der Waals surface area contributed by atoms with Crippen LogP contribution in [0.15, 0.2) is 30.3 Å². The molecule has 0 bridgehead atoms. The van der Waals surface area contributed by atoms with E-state index in [9.17, 15) is 5.11 Å². The summed E-state index contributed by atoms with van der Waals surface area (Å²) < 4.78 is 0. The number of benzene rings is 1. The number of anilines is 2. The molecular weight excluding hydrogens is 226 g/mol. The maximum absolute atomic E-state index is 9.52. The number of nitrogens with two attached hydrogens (primary N) is 1. The molecule has 94 valence electrons. The Bertz CT molecular complexity index is 547. The van der Waals surface area contributed by atoms with Gasteiger partial charge in [0.25, 0.3) is 0 Å². The number of phenolic OH excluding ortho intramolecular Hbond substituents is 1. The number of hydrogen-bond donors (Lipinski definition) is 3. The van der Waals surface area contributed by atoms with E-state index in [0.29, 0.717) is 12.2 Å². The highest BCUT2D eigenvalue weighted by molar-refractivity contribution is 5.53. The van der Waals surface area contributed by atoms with Crippen molar-refractivity contribution in [2.75, 3.05) is 11.1 Å². The smallest absolute Gasteiger partial charge is 0.138 e. The number of aromatic hydroxyl groups is 1. The molecule has 2 rings (SSSR count). The van der Waals surface area contributed by atoms with E-state index in [2.05, 4.69) is 10.3 Å². The maximum Gasteiger partial charge on any atom is 0.138 e. The van der Waals surface area contributed by atoms with Crippen molar-refractivity contribution in [2.45, 2.75) is 20.4 Å². The summed E-state index contributed by atoms with van der Waals surface area (Å²) in [4.78, 5) is 4.39. The van der Waals surface area contributed by atoms with Crippen molar-refractivity contribution in [1.82, 2.24) is 4.98 Å². The summed E-state index contributed by atoms with van der Waals surface area (Å²) in [5, 5.41) is 12.7. The Morgan fingerprint density at radius 1 is 1.22 bits per heavy atom. The van der Waals surface area contributed by atoms with Crippen LogP contribution in [0.2, 0.25) is 0 Å². The molecule has 0 spiro atoms. The summed E-state index contributed by atoms with van der Waals surface area (Å²) in [5.74, 6) is 0.950. The minimum Gasteiger partial charge on any atom is -0.506 e. The van der Waals surface area contributed by atoms with Crippen molar-refractivity contribution in [3.05, 3.63) is 47.2 Å². The zero-order valence-electron chi connectivity index (χ0n) is 10.6. The van der Waals surface area contributed by atoms with Gasteiger partial charge in [0.15, 0.2) is 0 Å². The summed E-state index contributed by atoms with van der Waals surface area (Å²) in [6.45, 7) is 4.60. The lowest BCUT2D eigenvalue weighted by molar-refractivity contribution is 0.477. The zero-order valence-corrected chi connectivity index (χ0v) is 10.6. The summed E-state index contributed by atoms with van der Waals surface area (Å²) in [6, 6.07) is 9.25. The molecule has 0 saturated carbocycles. The van der Waals surface area contributed by atoms with Gasteiger partial charge in [0, 0.05) is 12.2 Å². The van der Waals surface area contributed by atoms with E-state index in [1.165, 1.54) is 5.56 Å². The molecule has 0 atom stereocenters. The zero-order chi connectivity index (χ0) is 13.1. The van der Waals surface area contributed by atoms with Crippen LogP contribution in [0.3, 0.4) is 0 Å². The fourth-order valence-corrected chi connectivity index (χ4v) is 1.82. The third-order valence-corrected chi connectivity index (χ3v) is 2.67. The Kier molecular flexibility index (Phi) is 3.37. The first kappa shape index (κ1) is 12.2. The molecule has 0 fully saturated rings. The normalized spacial score (nSPS) is 10.3. The van der Waals surface area contributed by atoms with E-state index in [0.717, 1.165) is 17.1 Å². The lowest BCUT2D eigenvalue weighted by Gasteiger charge is -2.08. The Morgan fingerprint density at radius 3 is 2.67 bits per heavy atom. The second-order valence-corrected chi connectivity index (χ2v) is 4.42. The fraction of sp³-hybridized carbons (Fsp3) is 0.214. The molecule has 0 radical (unpaired) electrons. The first-order chi connectivity index (χ1) is 8.54. The van der Waals surface area contributed by atoms with Crippen LogP contribution >= 0.6 is 0 Å². The molecule has 0 aliphatic rings. The Hall–Kier alpha value is -2.23. The standard InChI is InChI=1S/C14H17N3O/c1-9-5-10(2)17-14(6-9)16-8-11-3-4-12(15)13(18)7-11/h3-7,18H,8,15H2,1-2H3,(H,16,17). The van der Waals surface area contributed by atoms with Crippen LogP contribution in [0.4, 0.5) is 11.5 Å². The van der Waals surface area contributed by atoms with Gasteiger partial charge in [-0.2, -0.15) is 0 Å². The maximum atomic E-state index is 9.52. The highest BCUT2D eigenvalue weighted by Gasteiger charge is 2.01. The number of aryl methyl sites for hydroxylation is 2. The van der Waals surface area contributed by atoms with E-state index in [-0.39, 0.29) is 5.75 Å². The monoisotopic (exact) mass is 243 g/mol. The second kappa shape index (κ2) is 4.96. The van der Waals surface area contributed by atoms with Gasteiger partial charge in [-0.25, -0.2) is 4.98 Å². The van der Waals surface area contributed by atoms with Gasteiger partial charge in [-0.05, 0) is 49.2 Å². The van der Waals surface area contributed by atoms with Gasteiger partial charge in [-0.3, -0.25) is 0 Å². The topological polar surface area (TPSA) is 71.2 Å². The molecule has 0 unspecified atom stereocenters. The Balaban J connectivity index is 2.08.